The van der Waals surface area contributed by atoms with Crippen LogP contribution in [0.2, 0.25) is 5.02 Å². The molecule has 3 aromatic heterocycles. The quantitative estimate of drug-likeness (QED) is 0.0651. The maximum absolute atomic E-state index is 12.9. The van der Waals surface area contributed by atoms with Gasteiger partial charge in [0, 0.05) is 23.0 Å². The summed E-state index contributed by atoms with van der Waals surface area (Å²) in [4.78, 5) is 45.4. The lowest BCUT2D eigenvalue weighted by Crippen LogP contribution is -2.41. The van der Waals surface area contributed by atoms with Crippen LogP contribution in [0, 0.1) is 22.0 Å². The highest BCUT2D eigenvalue weighted by molar-refractivity contribution is 6.32. The number of hydrogen-bond acceptors (Lipinski definition) is 10. The van der Waals surface area contributed by atoms with E-state index in [1.807, 2.05) is 38.4 Å². The molecule has 0 bridgehead atoms. The zero-order valence-electron chi connectivity index (χ0n) is 26.1. The number of nitrogens with zero attached hydrogens (tertiary/aromatic N) is 7. The Kier molecular flexibility index (Phi) is 10.3. The predicted molar refractivity (Wildman–Crippen MR) is 180 cm³/mol. The molecule has 4 heterocycles. The first-order valence-corrected chi connectivity index (χ1v) is 15.0. The van der Waals surface area contributed by atoms with E-state index in [1.54, 1.807) is 43.6 Å². The number of fused-ring (bicyclic) bond motifs is 1. The Morgan fingerprint density at radius 2 is 2.00 bits per heavy atom. The molecule has 0 unspecified atom stereocenters. The first kappa shape index (κ1) is 32.9. The maximum atomic E-state index is 12.9. The first-order valence-electron chi connectivity index (χ1n) is 14.7. The second-order valence-corrected chi connectivity index (χ2v) is 11.8. The summed E-state index contributed by atoms with van der Waals surface area (Å²) < 4.78 is 6.23. The zero-order chi connectivity index (χ0) is 33.4. The number of nitro groups is 1. The fraction of sp³-hybridized carbons (Fsp3) is 0.235. The lowest BCUT2D eigenvalue weighted by Gasteiger charge is -2.28. The molecule has 13 heteroatoms. The van der Waals surface area contributed by atoms with Crippen LogP contribution in [-0.2, 0) is 17.8 Å². The van der Waals surface area contributed by atoms with Gasteiger partial charge in [-0.25, -0.2) is 9.97 Å². The number of hydrogen-bond donors (Lipinski definition) is 1. The summed E-state index contributed by atoms with van der Waals surface area (Å²) >= 11 is 6.50. The number of pyridine rings is 2. The second-order valence-electron chi connectivity index (χ2n) is 11.4. The number of allylic oxidation sites excluding steroid dienone is 1. The number of rotatable bonds is 13. The van der Waals surface area contributed by atoms with Gasteiger partial charge in [-0.3, -0.25) is 14.8 Å². The van der Waals surface area contributed by atoms with Gasteiger partial charge in [0.1, 0.15) is 31.0 Å². The third-order valence-electron chi connectivity index (χ3n) is 7.13. The van der Waals surface area contributed by atoms with Gasteiger partial charge in [0.2, 0.25) is 5.71 Å². The summed E-state index contributed by atoms with van der Waals surface area (Å²) in [7, 11) is 3.89. The van der Waals surface area contributed by atoms with E-state index in [0.29, 0.717) is 80.8 Å². The molecule has 238 valence electrons. The Hall–Kier alpha value is -5.51. The topological polar surface area (TPSA) is 145 Å². The molecular weight excluding hydrogens is 620 g/mol. The Bertz CT molecular complexity index is 1980. The predicted octanol–water partition coefficient (Wildman–Crippen LogP) is 5.50. The summed E-state index contributed by atoms with van der Waals surface area (Å²) in [6.07, 6.45) is 8.48. The van der Waals surface area contributed by atoms with Crippen LogP contribution in [0.3, 0.4) is 0 Å². The molecule has 0 saturated heterocycles. The van der Waals surface area contributed by atoms with Gasteiger partial charge < -0.3 is 24.7 Å². The molecule has 1 aliphatic rings. The number of anilines is 2. The van der Waals surface area contributed by atoms with Gasteiger partial charge in [-0.15, -0.1) is 0 Å². The summed E-state index contributed by atoms with van der Waals surface area (Å²) in [6.45, 7) is 2.85. The molecule has 1 N–H and O–H groups in total. The van der Waals surface area contributed by atoms with Gasteiger partial charge in [0.05, 0.1) is 61.5 Å². The van der Waals surface area contributed by atoms with Crippen LogP contribution < -0.4 is 10.1 Å². The third kappa shape index (κ3) is 8.82. The van der Waals surface area contributed by atoms with Crippen molar-refractivity contribution in [3.63, 3.8) is 0 Å². The molecule has 0 atom stereocenters. The number of quaternary nitrogens is 1. The minimum absolute atomic E-state index is 0.0752. The monoisotopic (exact) mass is 651 g/mol. The minimum atomic E-state index is -0.465. The van der Waals surface area contributed by atoms with Crippen molar-refractivity contribution in [2.75, 3.05) is 32.5 Å². The van der Waals surface area contributed by atoms with E-state index < -0.39 is 4.92 Å². The average molecular weight is 652 g/mol. The molecule has 4 aromatic rings. The van der Waals surface area contributed by atoms with Crippen molar-refractivity contribution in [2.45, 2.75) is 26.4 Å². The molecule has 0 amide bonds. The van der Waals surface area contributed by atoms with Gasteiger partial charge in [-0.05, 0) is 71.3 Å². The van der Waals surface area contributed by atoms with E-state index in [4.69, 9.17) is 16.3 Å². The van der Waals surface area contributed by atoms with Crippen LogP contribution in [-0.4, -0.2) is 68.0 Å². The largest absolute Gasteiger partial charge is 0.486 e. The van der Waals surface area contributed by atoms with Crippen molar-refractivity contribution in [3.8, 4) is 17.6 Å². The van der Waals surface area contributed by atoms with E-state index in [1.165, 1.54) is 12.4 Å². The Labute approximate surface area is 276 Å². The maximum Gasteiger partial charge on any atom is 0.369 e. The first-order chi connectivity index (χ1) is 22.6. The van der Waals surface area contributed by atoms with Crippen LogP contribution in [0.25, 0.3) is 10.9 Å². The number of aromatic nitrogens is 4. The van der Waals surface area contributed by atoms with Crippen molar-refractivity contribution in [3.05, 3.63) is 111 Å². The molecular formula is C34H32ClN8O4+. The van der Waals surface area contributed by atoms with Crippen molar-refractivity contribution in [2.24, 2.45) is 4.99 Å². The van der Waals surface area contributed by atoms with E-state index in [0.717, 1.165) is 5.69 Å². The smallest absolute Gasteiger partial charge is 0.369 e. The Balaban J connectivity index is 1.21. The molecule has 5 rings (SSSR count). The van der Waals surface area contributed by atoms with Gasteiger partial charge >= 0.3 is 5.82 Å². The standard InChI is InChI=1S/C34H32ClN8O4/c1-4-8-24-15-23(34(41-24)42(45)46)20-43(2,3)14-7-10-28(44)16-27-17-29-31(19-37-27)38-22-39-33(29)40-25-11-12-32(30(35)18-25)47-21-26-9-5-6-13-36-26/h5-7,9-13,17-19,22H,14-16,20-21H2,1-3H3,(H,38,39,40)/q+1/b10-7+. The highest BCUT2D eigenvalue weighted by atomic mass is 35.5. The number of ketones is 1. The highest BCUT2D eigenvalue weighted by Gasteiger charge is 2.32. The summed E-state index contributed by atoms with van der Waals surface area (Å²) in [5, 5.41) is 15.9. The van der Waals surface area contributed by atoms with Crippen LogP contribution in [0.15, 0.2) is 89.7 Å². The number of likely N-dealkylation sites (N-methyl/N-ethyl adjacent to an activating group) is 1. The molecule has 1 aromatic carbocycles. The zero-order valence-corrected chi connectivity index (χ0v) is 26.9. The van der Waals surface area contributed by atoms with Crippen molar-refractivity contribution in [1.29, 1.82) is 0 Å². The van der Waals surface area contributed by atoms with E-state index >= 15 is 0 Å². The highest BCUT2D eigenvalue weighted by Crippen LogP contribution is 2.31. The molecule has 0 radical (unpaired) electrons. The van der Waals surface area contributed by atoms with E-state index in [-0.39, 0.29) is 18.0 Å². The lowest BCUT2D eigenvalue weighted by atomic mass is 10.1. The fourth-order valence-corrected chi connectivity index (χ4v) is 5.23. The molecule has 0 spiro atoms. The molecule has 0 aliphatic carbocycles. The van der Waals surface area contributed by atoms with Crippen LogP contribution >= 0.6 is 11.6 Å². The molecule has 0 fully saturated rings. The van der Waals surface area contributed by atoms with Crippen LogP contribution in [0.1, 0.15) is 24.7 Å². The SMILES string of the molecule is CC#CC1=NC([N+](=O)[O-])=C(C[N+](C)(C)C/C=C/C(=O)Cc2cc3c(Nc4ccc(OCc5ccccn5)c(Cl)c4)ncnc3cn2)C1. The Morgan fingerprint density at radius 1 is 1.15 bits per heavy atom. The average Bonchev–Trinajstić information content (AvgIpc) is 3.43. The van der Waals surface area contributed by atoms with Gasteiger partial charge in [0.25, 0.3) is 0 Å². The van der Waals surface area contributed by atoms with Gasteiger partial charge in [0.15, 0.2) is 5.78 Å². The third-order valence-corrected chi connectivity index (χ3v) is 7.43. The molecule has 0 saturated carbocycles. The van der Waals surface area contributed by atoms with Crippen LogP contribution in [0.5, 0.6) is 5.75 Å². The van der Waals surface area contributed by atoms with Crippen molar-refractivity contribution < 1.29 is 18.9 Å². The summed E-state index contributed by atoms with van der Waals surface area (Å²) in [5.74, 6) is 6.36. The summed E-state index contributed by atoms with van der Waals surface area (Å²) in [5.41, 5.74) is 3.77. The normalized spacial score (nSPS) is 13.0. The lowest BCUT2D eigenvalue weighted by molar-refractivity contribution is -0.880. The second kappa shape index (κ2) is 14.7. The number of carbonyl (C=O) groups is 1. The van der Waals surface area contributed by atoms with Gasteiger partial charge in [-0.2, -0.15) is 0 Å². The molecule has 1 aliphatic heterocycles. The van der Waals surface area contributed by atoms with Gasteiger partial charge in [-0.1, -0.05) is 23.6 Å². The number of aliphatic imine (C=N–C) groups is 1. The number of halogens is 1. The number of carbonyl (C=O) groups excluding carboxylic acids is 1. The summed E-state index contributed by atoms with van der Waals surface area (Å²) in [6, 6.07) is 12.7. The number of benzene rings is 1. The number of nitrogens with one attached hydrogen (secondary N) is 1. The molecule has 12 nitrogen and oxygen atoms in total. The molecule has 47 heavy (non-hydrogen) atoms. The minimum Gasteiger partial charge on any atom is -0.486 e. The van der Waals surface area contributed by atoms with E-state index in [9.17, 15) is 14.9 Å². The van der Waals surface area contributed by atoms with Crippen molar-refractivity contribution >= 4 is 45.5 Å². The number of ether oxygens (including phenoxy) is 1. The fourth-order valence-electron chi connectivity index (χ4n) is 4.99. The Morgan fingerprint density at radius 3 is 2.74 bits per heavy atom. The van der Waals surface area contributed by atoms with Crippen molar-refractivity contribution in [1.82, 2.24) is 19.9 Å². The van der Waals surface area contributed by atoms with E-state index in [2.05, 4.69) is 42.1 Å². The van der Waals surface area contributed by atoms with Crippen LogP contribution in [0.4, 0.5) is 11.5 Å².